The minimum atomic E-state index is -0.481. The van der Waals surface area contributed by atoms with Crippen LogP contribution >= 0.6 is 22.6 Å². The Kier molecular flexibility index (Phi) is 4.20. The standard InChI is InChI=1S/C13H12IN3O2/c1-19-13(18)10-6-12(16-7-11(10)15)17-9-4-2-3-8(14)5-9/h2-7H,15H2,1H3,(H,16,17). The van der Waals surface area contributed by atoms with Crippen LogP contribution in [-0.2, 0) is 4.74 Å². The highest BCUT2D eigenvalue weighted by molar-refractivity contribution is 14.1. The van der Waals surface area contributed by atoms with Gasteiger partial charge in [0.05, 0.1) is 24.6 Å². The smallest absolute Gasteiger partial charge is 0.340 e. The number of pyridine rings is 1. The normalized spacial score (nSPS) is 10.0. The Labute approximate surface area is 124 Å². The molecule has 0 aliphatic rings. The number of hydrogen-bond acceptors (Lipinski definition) is 5. The summed E-state index contributed by atoms with van der Waals surface area (Å²) in [6, 6.07) is 9.38. The number of methoxy groups -OCH3 is 1. The highest BCUT2D eigenvalue weighted by Crippen LogP contribution is 2.20. The monoisotopic (exact) mass is 369 g/mol. The van der Waals surface area contributed by atoms with E-state index in [1.165, 1.54) is 13.3 Å². The van der Waals surface area contributed by atoms with E-state index < -0.39 is 5.97 Å². The summed E-state index contributed by atoms with van der Waals surface area (Å²) in [5.41, 5.74) is 7.17. The van der Waals surface area contributed by atoms with Crippen molar-refractivity contribution in [1.82, 2.24) is 4.98 Å². The number of carbonyl (C=O) groups is 1. The van der Waals surface area contributed by atoms with Crippen molar-refractivity contribution in [1.29, 1.82) is 0 Å². The van der Waals surface area contributed by atoms with Crippen molar-refractivity contribution in [2.45, 2.75) is 0 Å². The number of rotatable bonds is 3. The lowest BCUT2D eigenvalue weighted by atomic mass is 10.2. The fourth-order valence-electron chi connectivity index (χ4n) is 1.54. The molecule has 6 heteroatoms. The number of halogens is 1. The van der Waals surface area contributed by atoms with Gasteiger partial charge in [0.2, 0.25) is 0 Å². The van der Waals surface area contributed by atoms with Gasteiger partial charge in [0.15, 0.2) is 0 Å². The average Bonchev–Trinajstić information content (AvgIpc) is 2.40. The van der Waals surface area contributed by atoms with Crippen molar-refractivity contribution in [3.05, 3.63) is 45.7 Å². The van der Waals surface area contributed by atoms with Crippen LogP contribution in [0.1, 0.15) is 10.4 Å². The summed E-state index contributed by atoms with van der Waals surface area (Å²) in [5, 5.41) is 3.11. The van der Waals surface area contributed by atoms with E-state index in [0.29, 0.717) is 17.1 Å². The molecule has 0 saturated heterocycles. The molecule has 0 aliphatic carbocycles. The topological polar surface area (TPSA) is 77.2 Å². The number of nitrogen functional groups attached to an aromatic ring is 1. The van der Waals surface area contributed by atoms with Crippen LogP contribution in [0.5, 0.6) is 0 Å². The molecule has 1 aromatic carbocycles. The zero-order chi connectivity index (χ0) is 13.8. The van der Waals surface area contributed by atoms with Crippen molar-refractivity contribution in [3.8, 4) is 0 Å². The van der Waals surface area contributed by atoms with E-state index in [2.05, 4.69) is 37.6 Å². The first-order valence-electron chi connectivity index (χ1n) is 5.46. The summed E-state index contributed by atoms with van der Waals surface area (Å²) in [4.78, 5) is 15.7. The molecule has 5 nitrogen and oxygen atoms in total. The van der Waals surface area contributed by atoms with E-state index in [-0.39, 0.29) is 0 Å². The van der Waals surface area contributed by atoms with E-state index in [9.17, 15) is 4.79 Å². The molecule has 0 spiro atoms. The highest BCUT2D eigenvalue weighted by atomic mass is 127. The van der Waals surface area contributed by atoms with Gasteiger partial charge in [0.25, 0.3) is 0 Å². The largest absolute Gasteiger partial charge is 0.465 e. The molecule has 2 rings (SSSR count). The van der Waals surface area contributed by atoms with Crippen LogP contribution in [0.15, 0.2) is 36.5 Å². The molecule has 2 aromatic rings. The number of carbonyl (C=O) groups excluding carboxylic acids is 1. The van der Waals surface area contributed by atoms with Gasteiger partial charge in [-0.3, -0.25) is 0 Å². The van der Waals surface area contributed by atoms with Crippen molar-refractivity contribution < 1.29 is 9.53 Å². The average molecular weight is 369 g/mol. The molecule has 0 bridgehead atoms. The highest BCUT2D eigenvalue weighted by Gasteiger charge is 2.11. The number of nitrogens with two attached hydrogens (primary N) is 1. The molecule has 0 saturated carbocycles. The molecule has 0 unspecified atom stereocenters. The van der Waals surface area contributed by atoms with Crippen LogP contribution in [0.3, 0.4) is 0 Å². The van der Waals surface area contributed by atoms with E-state index in [0.717, 1.165) is 9.26 Å². The van der Waals surface area contributed by atoms with E-state index >= 15 is 0 Å². The Balaban J connectivity index is 2.29. The summed E-state index contributed by atoms with van der Waals surface area (Å²) in [6.45, 7) is 0. The van der Waals surface area contributed by atoms with E-state index in [1.54, 1.807) is 6.07 Å². The zero-order valence-corrected chi connectivity index (χ0v) is 12.3. The van der Waals surface area contributed by atoms with Gasteiger partial charge in [-0.15, -0.1) is 0 Å². The maximum absolute atomic E-state index is 11.5. The quantitative estimate of drug-likeness (QED) is 0.643. The summed E-state index contributed by atoms with van der Waals surface area (Å²) in [7, 11) is 1.31. The van der Waals surface area contributed by atoms with Crippen LogP contribution < -0.4 is 11.1 Å². The number of anilines is 3. The lowest BCUT2D eigenvalue weighted by Gasteiger charge is -2.09. The number of nitrogens with zero attached hydrogens (tertiary/aromatic N) is 1. The Morgan fingerprint density at radius 3 is 2.89 bits per heavy atom. The maximum Gasteiger partial charge on any atom is 0.340 e. The molecule has 1 heterocycles. The molecule has 0 radical (unpaired) electrons. The van der Waals surface area contributed by atoms with Crippen LogP contribution in [0.25, 0.3) is 0 Å². The summed E-state index contributed by atoms with van der Waals surface area (Å²) < 4.78 is 5.77. The predicted octanol–water partition coefficient (Wildman–Crippen LogP) is 2.80. The van der Waals surface area contributed by atoms with Gasteiger partial charge in [-0.25, -0.2) is 9.78 Å². The Hall–Kier alpha value is -1.83. The molecule has 0 aliphatic heterocycles. The van der Waals surface area contributed by atoms with Gasteiger partial charge < -0.3 is 15.8 Å². The minimum Gasteiger partial charge on any atom is -0.465 e. The van der Waals surface area contributed by atoms with Gasteiger partial charge >= 0.3 is 5.97 Å². The third kappa shape index (κ3) is 3.34. The summed E-state index contributed by atoms with van der Waals surface area (Å²) in [6.07, 6.45) is 1.43. The lowest BCUT2D eigenvalue weighted by molar-refractivity contribution is 0.0602. The number of aromatic nitrogens is 1. The number of nitrogens with one attached hydrogen (secondary N) is 1. The predicted molar refractivity (Wildman–Crippen MR) is 82.4 cm³/mol. The number of ether oxygens (including phenoxy) is 1. The van der Waals surface area contributed by atoms with Crippen molar-refractivity contribution in [2.24, 2.45) is 0 Å². The third-order valence-electron chi connectivity index (χ3n) is 2.44. The molecular formula is C13H12IN3O2. The SMILES string of the molecule is COC(=O)c1cc(Nc2cccc(I)c2)ncc1N. The molecule has 98 valence electrons. The zero-order valence-electron chi connectivity index (χ0n) is 10.2. The first kappa shape index (κ1) is 13.6. The second-order valence-corrected chi connectivity index (χ2v) is 5.03. The molecule has 1 aromatic heterocycles. The third-order valence-corrected chi connectivity index (χ3v) is 3.11. The van der Waals surface area contributed by atoms with Gasteiger partial charge in [0, 0.05) is 9.26 Å². The van der Waals surface area contributed by atoms with Crippen molar-refractivity contribution >= 4 is 45.8 Å². The number of esters is 1. The molecule has 0 fully saturated rings. The van der Waals surface area contributed by atoms with Gasteiger partial charge in [-0.2, -0.15) is 0 Å². The van der Waals surface area contributed by atoms with Crippen LogP contribution in [-0.4, -0.2) is 18.1 Å². The Morgan fingerprint density at radius 2 is 2.21 bits per heavy atom. The van der Waals surface area contributed by atoms with Gasteiger partial charge in [-0.05, 0) is 46.9 Å². The first-order chi connectivity index (χ1) is 9.10. The number of hydrogen-bond donors (Lipinski definition) is 2. The minimum absolute atomic E-state index is 0.292. The second-order valence-electron chi connectivity index (χ2n) is 3.78. The van der Waals surface area contributed by atoms with Crippen LogP contribution in [0, 0.1) is 3.57 Å². The van der Waals surface area contributed by atoms with Crippen LogP contribution in [0.4, 0.5) is 17.2 Å². The molecule has 0 atom stereocenters. The Bertz CT molecular complexity index is 617. The van der Waals surface area contributed by atoms with Gasteiger partial charge in [-0.1, -0.05) is 6.07 Å². The lowest BCUT2D eigenvalue weighted by Crippen LogP contribution is -2.07. The second kappa shape index (κ2) is 5.87. The van der Waals surface area contributed by atoms with Crippen LogP contribution in [0.2, 0.25) is 0 Å². The van der Waals surface area contributed by atoms with Gasteiger partial charge in [0.1, 0.15) is 5.82 Å². The van der Waals surface area contributed by atoms with Crippen molar-refractivity contribution in [3.63, 3.8) is 0 Å². The first-order valence-corrected chi connectivity index (χ1v) is 6.54. The Morgan fingerprint density at radius 1 is 1.42 bits per heavy atom. The number of benzene rings is 1. The molecule has 19 heavy (non-hydrogen) atoms. The maximum atomic E-state index is 11.5. The van der Waals surface area contributed by atoms with Crippen molar-refractivity contribution in [2.75, 3.05) is 18.2 Å². The molecular weight excluding hydrogens is 357 g/mol. The molecule has 0 amide bonds. The summed E-state index contributed by atoms with van der Waals surface area (Å²) >= 11 is 2.22. The summed E-state index contributed by atoms with van der Waals surface area (Å²) in [5.74, 6) is 0.0576. The fraction of sp³-hybridized carbons (Fsp3) is 0.0769. The van der Waals surface area contributed by atoms with E-state index in [1.807, 2.05) is 24.3 Å². The van der Waals surface area contributed by atoms with E-state index in [4.69, 9.17) is 5.73 Å². The fourth-order valence-corrected chi connectivity index (χ4v) is 2.08. The molecule has 3 N–H and O–H groups in total.